The summed E-state index contributed by atoms with van der Waals surface area (Å²) in [6.07, 6.45) is 4.42. The lowest BCUT2D eigenvalue weighted by Crippen LogP contribution is -2.50. The second-order valence-electron chi connectivity index (χ2n) is 5.22. The number of hydrogen-bond acceptors (Lipinski definition) is 1. The molecule has 16 heavy (non-hydrogen) atoms. The molecule has 1 heteroatoms. The summed E-state index contributed by atoms with van der Waals surface area (Å²) in [5.41, 5.74) is 3.11. The molecular weight excluding hydrogens is 194 g/mol. The van der Waals surface area contributed by atoms with Crippen molar-refractivity contribution in [1.82, 2.24) is 5.32 Å². The molecule has 0 aromatic heterocycles. The van der Waals surface area contributed by atoms with Crippen LogP contribution in [0.15, 0.2) is 36.9 Å². The molecule has 1 saturated heterocycles. The highest BCUT2D eigenvalue weighted by molar-refractivity contribution is 5.40. The van der Waals surface area contributed by atoms with Crippen molar-refractivity contribution in [3.05, 3.63) is 48.0 Å². The van der Waals surface area contributed by atoms with Gasteiger partial charge in [-0.1, -0.05) is 37.3 Å². The fourth-order valence-corrected chi connectivity index (χ4v) is 3.61. The van der Waals surface area contributed by atoms with E-state index >= 15 is 0 Å². The van der Waals surface area contributed by atoms with Crippen LogP contribution in [0.4, 0.5) is 0 Å². The maximum Gasteiger partial charge on any atom is 0.0328 e. The number of nitrogens with one attached hydrogen (secondary N) is 1. The molecule has 4 atom stereocenters. The van der Waals surface area contributed by atoms with Crippen LogP contribution in [0.5, 0.6) is 0 Å². The van der Waals surface area contributed by atoms with Gasteiger partial charge in [0.25, 0.3) is 0 Å². The van der Waals surface area contributed by atoms with Crippen LogP contribution in [0.25, 0.3) is 0 Å². The standard InChI is InChI=1S/C15H19N/c1-3-6-13-15-10(2)9-14(16-13)11-7-4-5-8-12(11)15/h3-5,7-8,10,13-16H,1,6,9H2,2H3/t10-,13+,14+,15-/m1/s1. The molecule has 1 nitrogen and oxygen atoms in total. The molecule has 3 aliphatic rings. The van der Waals surface area contributed by atoms with E-state index in [2.05, 4.69) is 43.1 Å². The van der Waals surface area contributed by atoms with Gasteiger partial charge in [0.1, 0.15) is 0 Å². The minimum atomic E-state index is 0.571. The highest BCUT2D eigenvalue weighted by atomic mass is 15.0. The predicted octanol–water partition coefficient (Wildman–Crippen LogP) is 3.40. The summed E-state index contributed by atoms with van der Waals surface area (Å²) in [6.45, 7) is 6.27. The van der Waals surface area contributed by atoms with Crippen LogP contribution in [0.2, 0.25) is 0 Å². The third kappa shape index (κ3) is 1.35. The van der Waals surface area contributed by atoms with Crippen molar-refractivity contribution in [3.63, 3.8) is 0 Å². The molecule has 0 radical (unpaired) electrons. The molecule has 1 aliphatic carbocycles. The highest BCUT2D eigenvalue weighted by Crippen LogP contribution is 2.48. The van der Waals surface area contributed by atoms with Gasteiger partial charge in [0, 0.05) is 18.0 Å². The third-order valence-electron chi connectivity index (χ3n) is 4.22. The molecule has 84 valence electrons. The molecular formula is C15H19N. The van der Waals surface area contributed by atoms with Crippen LogP contribution in [-0.2, 0) is 0 Å². The van der Waals surface area contributed by atoms with E-state index in [-0.39, 0.29) is 0 Å². The topological polar surface area (TPSA) is 12.0 Å². The Morgan fingerprint density at radius 3 is 2.88 bits per heavy atom. The van der Waals surface area contributed by atoms with Gasteiger partial charge in [-0.05, 0) is 29.9 Å². The van der Waals surface area contributed by atoms with Gasteiger partial charge in [0.15, 0.2) is 0 Å². The Bertz CT molecular complexity index is 410. The van der Waals surface area contributed by atoms with E-state index in [4.69, 9.17) is 0 Å². The van der Waals surface area contributed by atoms with Crippen LogP contribution >= 0.6 is 0 Å². The van der Waals surface area contributed by atoms with Crippen LogP contribution in [0.1, 0.15) is 42.9 Å². The third-order valence-corrected chi connectivity index (χ3v) is 4.22. The molecule has 1 N–H and O–H groups in total. The van der Waals surface area contributed by atoms with Gasteiger partial charge < -0.3 is 5.32 Å². The first-order valence-corrected chi connectivity index (χ1v) is 6.27. The summed E-state index contributed by atoms with van der Waals surface area (Å²) in [7, 11) is 0. The Labute approximate surface area is 97.6 Å². The normalized spacial score (nSPS) is 35.8. The lowest BCUT2D eigenvalue weighted by molar-refractivity contribution is 0.191. The fourth-order valence-electron chi connectivity index (χ4n) is 3.61. The van der Waals surface area contributed by atoms with E-state index in [0.717, 1.165) is 12.3 Å². The van der Waals surface area contributed by atoms with Crippen LogP contribution in [0.3, 0.4) is 0 Å². The van der Waals surface area contributed by atoms with Crippen LogP contribution in [-0.4, -0.2) is 6.04 Å². The smallest absolute Gasteiger partial charge is 0.0328 e. The number of rotatable bonds is 2. The van der Waals surface area contributed by atoms with Crippen molar-refractivity contribution in [2.45, 2.75) is 37.8 Å². The Kier molecular flexibility index (Phi) is 2.36. The van der Waals surface area contributed by atoms with Crippen molar-refractivity contribution in [3.8, 4) is 0 Å². The van der Waals surface area contributed by atoms with Gasteiger partial charge in [-0.2, -0.15) is 0 Å². The molecule has 0 saturated carbocycles. The van der Waals surface area contributed by atoms with Crippen LogP contribution in [0, 0.1) is 5.92 Å². The van der Waals surface area contributed by atoms with Crippen molar-refractivity contribution in [1.29, 1.82) is 0 Å². The molecule has 0 amide bonds. The Hall–Kier alpha value is -1.08. The first kappa shape index (κ1) is 10.1. The molecule has 2 bridgehead atoms. The Morgan fingerprint density at radius 2 is 2.12 bits per heavy atom. The molecule has 1 fully saturated rings. The zero-order chi connectivity index (χ0) is 11.1. The van der Waals surface area contributed by atoms with Crippen molar-refractivity contribution >= 4 is 0 Å². The highest BCUT2D eigenvalue weighted by Gasteiger charge is 2.42. The quantitative estimate of drug-likeness (QED) is 0.742. The SMILES string of the molecule is C=CC[C@@H]1N[C@H]2C[C@@H](C)[C@@H]1c1ccccc12. The Morgan fingerprint density at radius 1 is 1.38 bits per heavy atom. The van der Waals surface area contributed by atoms with Gasteiger partial charge in [-0.3, -0.25) is 0 Å². The maximum atomic E-state index is 3.88. The van der Waals surface area contributed by atoms with Gasteiger partial charge in [-0.15, -0.1) is 6.58 Å². The maximum absolute atomic E-state index is 3.88. The van der Waals surface area contributed by atoms with E-state index in [1.165, 1.54) is 12.0 Å². The van der Waals surface area contributed by atoms with Gasteiger partial charge in [0.2, 0.25) is 0 Å². The second kappa shape index (κ2) is 3.74. The van der Waals surface area contributed by atoms with E-state index in [1.54, 1.807) is 5.56 Å². The summed E-state index contributed by atoms with van der Waals surface area (Å²) >= 11 is 0. The summed E-state index contributed by atoms with van der Waals surface area (Å²) in [5.74, 6) is 1.48. The van der Waals surface area contributed by atoms with Crippen molar-refractivity contribution in [2.24, 2.45) is 5.92 Å². The van der Waals surface area contributed by atoms with Gasteiger partial charge in [0.05, 0.1) is 0 Å². The largest absolute Gasteiger partial charge is 0.306 e. The summed E-state index contributed by atoms with van der Waals surface area (Å²) in [4.78, 5) is 0. The van der Waals surface area contributed by atoms with Gasteiger partial charge >= 0.3 is 0 Å². The zero-order valence-electron chi connectivity index (χ0n) is 9.82. The van der Waals surface area contributed by atoms with E-state index in [9.17, 15) is 0 Å². The minimum absolute atomic E-state index is 0.571. The molecule has 2 heterocycles. The molecule has 4 rings (SSSR count). The second-order valence-corrected chi connectivity index (χ2v) is 5.22. The van der Waals surface area contributed by atoms with Crippen LogP contribution < -0.4 is 5.32 Å². The fraction of sp³-hybridized carbons (Fsp3) is 0.467. The number of fused-ring (bicyclic) bond motifs is 2. The van der Waals surface area contributed by atoms with E-state index in [0.29, 0.717) is 18.0 Å². The van der Waals surface area contributed by atoms with Crippen molar-refractivity contribution in [2.75, 3.05) is 0 Å². The Balaban J connectivity index is 2.05. The number of piperidine rings is 1. The monoisotopic (exact) mass is 213 g/mol. The molecule has 1 aromatic carbocycles. The number of hydrogen-bond donors (Lipinski definition) is 1. The molecule has 0 unspecified atom stereocenters. The predicted molar refractivity (Wildman–Crippen MR) is 67.4 cm³/mol. The van der Waals surface area contributed by atoms with Gasteiger partial charge in [-0.25, -0.2) is 0 Å². The van der Waals surface area contributed by atoms with E-state index in [1.807, 2.05) is 6.08 Å². The number of benzene rings is 1. The first-order chi connectivity index (χ1) is 7.81. The average molecular weight is 213 g/mol. The summed E-state index contributed by atoms with van der Waals surface area (Å²) in [5, 5.41) is 3.77. The molecule has 2 aliphatic heterocycles. The zero-order valence-corrected chi connectivity index (χ0v) is 9.82. The van der Waals surface area contributed by atoms with E-state index < -0.39 is 0 Å². The van der Waals surface area contributed by atoms with Crippen molar-refractivity contribution < 1.29 is 0 Å². The minimum Gasteiger partial charge on any atom is -0.306 e. The first-order valence-electron chi connectivity index (χ1n) is 6.27. The average Bonchev–Trinajstić information content (AvgIpc) is 2.29. The summed E-state index contributed by atoms with van der Waals surface area (Å²) in [6, 6.07) is 10.1. The molecule has 0 spiro atoms. The lowest BCUT2D eigenvalue weighted by atomic mass is 9.66. The summed E-state index contributed by atoms with van der Waals surface area (Å²) < 4.78 is 0. The molecule has 1 aromatic rings. The lowest BCUT2D eigenvalue weighted by Gasteiger charge is -2.48.